The number of nitrogens with one attached hydrogen (secondary N) is 2. The van der Waals surface area contributed by atoms with Crippen LogP contribution in [0.4, 0.5) is 0 Å². The van der Waals surface area contributed by atoms with E-state index in [-0.39, 0.29) is 0 Å². The molecule has 1 saturated carbocycles. The van der Waals surface area contributed by atoms with Gasteiger partial charge in [0.1, 0.15) is 0 Å². The largest absolute Gasteiger partial charge is 0.381 e. The maximum atomic E-state index is 5.74. The third-order valence-corrected chi connectivity index (χ3v) is 5.34. The Hall–Kier alpha value is -0.850. The normalized spacial score (nSPS) is 31.6. The smallest absolute Gasteiger partial charge is 0.191 e. The molecule has 2 N–H and O–H groups in total. The summed E-state index contributed by atoms with van der Waals surface area (Å²) in [6, 6.07) is 2.07. The molecule has 0 amide bonds. The second kappa shape index (κ2) is 9.02. The van der Waals surface area contributed by atoms with Crippen molar-refractivity contribution in [3.05, 3.63) is 0 Å². The summed E-state index contributed by atoms with van der Waals surface area (Å²) in [5, 5.41) is 7.00. The van der Waals surface area contributed by atoms with E-state index in [1.807, 2.05) is 7.05 Å². The quantitative estimate of drug-likeness (QED) is 0.396. The Kier molecular flexibility index (Phi) is 6.75. The Morgan fingerprint density at radius 1 is 1.33 bits per heavy atom. The van der Waals surface area contributed by atoms with Crippen molar-refractivity contribution in [3.63, 3.8) is 0 Å². The molecule has 3 rings (SSSR count). The lowest BCUT2D eigenvalue weighted by molar-refractivity contribution is 0.0888. The fraction of sp³-hybridized carbons (Fsp3) is 0.944. The van der Waals surface area contributed by atoms with Gasteiger partial charge < -0.3 is 20.1 Å². The number of likely N-dealkylation sites (tertiary alicyclic amines) is 1. The molecule has 3 unspecified atom stereocenters. The second-order valence-corrected chi connectivity index (χ2v) is 7.51. The highest BCUT2D eigenvalue weighted by Crippen LogP contribution is 2.33. The Bertz CT molecular complexity index is 408. The lowest BCUT2D eigenvalue weighted by atomic mass is 10.1. The summed E-state index contributed by atoms with van der Waals surface area (Å²) in [5.74, 6) is 1.53. The van der Waals surface area contributed by atoms with Gasteiger partial charge in [-0.15, -0.1) is 0 Å². The van der Waals surface area contributed by atoms with Crippen LogP contribution in [0.2, 0.25) is 0 Å². The zero-order valence-electron chi connectivity index (χ0n) is 15.3. The summed E-state index contributed by atoms with van der Waals surface area (Å²) in [6.07, 6.45) is 6.13. The van der Waals surface area contributed by atoms with E-state index in [2.05, 4.69) is 27.4 Å². The third kappa shape index (κ3) is 5.33. The van der Waals surface area contributed by atoms with Gasteiger partial charge in [-0.1, -0.05) is 0 Å². The van der Waals surface area contributed by atoms with Gasteiger partial charge in [-0.2, -0.15) is 0 Å². The average molecular weight is 338 g/mol. The van der Waals surface area contributed by atoms with Crippen LogP contribution in [0.5, 0.6) is 0 Å². The topological polar surface area (TPSA) is 58.1 Å². The minimum absolute atomic E-state index is 0.519. The van der Waals surface area contributed by atoms with Crippen LogP contribution in [0.3, 0.4) is 0 Å². The maximum absolute atomic E-state index is 5.74. The summed E-state index contributed by atoms with van der Waals surface area (Å²) >= 11 is 0. The Labute approximate surface area is 146 Å². The van der Waals surface area contributed by atoms with Crippen LogP contribution < -0.4 is 10.6 Å². The van der Waals surface area contributed by atoms with E-state index in [9.17, 15) is 0 Å². The van der Waals surface area contributed by atoms with Crippen molar-refractivity contribution in [1.82, 2.24) is 15.5 Å². The van der Waals surface area contributed by atoms with E-state index in [0.717, 1.165) is 64.4 Å². The number of hydrogen-bond donors (Lipinski definition) is 2. The lowest BCUT2D eigenvalue weighted by Gasteiger charge is -2.20. The van der Waals surface area contributed by atoms with Crippen LogP contribution in [0.25, 0.3) is 0 Å². The standard InChI is InChI=1S/C18H34N4O2/c1-14-10-16(11-22(14)17-4-5-17)21-18(19-2)20-7-3-8-23-12-15-6-9-24-13-15/h14-17H,3-13H2,1-2H3,(H2,19,20,21). The number of hydrogen-bond acceptors (Lipinski definition) is 4. The third-order valence-electron chi connectivity index (χ3n) is 5.34. The van der Waals surface area contributed by atoms with Gasteiger partial charge in [0.05, 0.1) is 13.2 Å². The van der Waals surface area contributed by atoms with E-state index < -0.39 is 0 Å². The molecule has 24 heavy (non-hydrogen) atoms. The molecule has 0 bridgehead atoms. The van der Waals surface area contributed by atoms with Gasteiger partial charge in [-0.05, 0) is 39.0 Å². The Balaban J connectivity index is 1.25. The summed E-state index contributed by atoms with van der Waals surface area (Å²) in [5.41, 5.74) is 0. The average Bonchev–Trinajstić information content (AvgIpc) is 3.16. The molecule has 0 aromatic heterocycles. The van der Waals surface area contributed by atoms with E-state index in [1.165, 1.54) is 19.3 Å². The van der Waals surface area contributed by atoms with Crippen molar-refractivity contribution in [3.8, 4) is 0 Å². The van der Waals surface area contributed by atoms with Crippen LogP contribution in [0.15, 0.2) is 4.99 Å². The van der Waals surface area contributed by atoms with Crippen molar-refractivity contribution in [2.75, 3.05) is 46.6 Å². The molecule has 2 heterocycles. The zero-order chi connectivity index (χ0) is 16.8. The van der Waals surface area contributed by atoms with Crippen LogP contribution in [-0.4, -0.2) is 75.5 Å². The number of nitrogens with zero attached hydrogens (tertiary/aromatic N) is 2. The minimum Gasteiger partial charge on any atom is -0.381 e. The monoisotopic (exact) mass is 338 g/mol. The predicted octanol–water partition coefficient (Wildman–Crippen LogP) is 1.22. The molecule has 2 saturated heterocycles. The molecule has 3 fully saturated rings. The second-order valence-electron chi connectivity index (χ2n) is 7.51. The van der Waals surface area contributed by atoms with Crippen LogP contribution in [0.1, 0.15) is 39.0 Å². The highest BCUT2D eigenvalue weighted by atomic mass is 16.5. The molecule has 1 aliphatic carbocycles. The van der Waals surface area contributed by atoms with Gasteiger partial charge in [0.15, 0.2) is 5.96 Å². The minimum atomic E-state index is 0.519. The molecule has 2 aliphatic heterocycles. The molecule has 0 spiro atoms. The molecule has 6 heteroatoms. The highest BCUT2D eigenvalue weighted by Gasteiger charge is 2.38. The van der Waals surface area contributed by atoms with Crippen molar-refractivity contribution < 1.29 is 9.47 Å². The maximum Gasteiger partial charge on any atom is 0.191 e. The van der Waals surface area contributed by atoms with Crippen molar-refractivity contribution in [2.24, 2.45) is 10.9 Å². The van der Waals surface area contributed by atoms with Gasteiger partial charge in [-0.3, -0.25) is 9.89 Å². The predicted molar refractivity (Wildman–Crippen MR) is 96.5 cm³/mol. The van der Waals surface area contributed by atoms with Crippen LogP contribution in [0, 0.1) is 5.92 Å². The number of ether oxygens (including phenoxy) is 2. The van der Waals surface area contributed by atoms with Crippen LogP contribution in [-0.2, 0) is 9.47 Å². The fourth-order valence-electron chi connectivity index (χ4n) is 3.81. The number of guanidine groups is 1. The van der Waals surface area contributed by atoms with Crippen LogP contribution >= 0.6 is 0 Å². The molecule has 3 aliphatic rings. The van der Waals surface area contributed by atoms with Crippen molar-refractivity contribution in [2.45, 2.75) is 57.2 Å². The zero-order valence-corrected chi connectivity index (χ0v) is 15.3. The first-order chi connectivity index (χ1) is 11.8. The van der Waals surface area contributed by atoms with Crippen molar-refractivity contribution >= 4 is 5.96 Å². The van der Waals surface area contributed by atoms with Gasteiger partial charge in [0, 0.05) is 57.4 Å². The highest BCUT2D eigenvalue weighted by molar-refractivity contribution is 5.80. The molecular formula is C18H34N4O2. The van der Waals surface area contributed by atoms with E-state index in [0.29, 0.717) is 18.0 Å². The molecule has 0 aromatic rings. The van der Waals surface area contributed by atoms with Gasteiger partial charge in [0.25, 0.3) is 0 Å². The molecule has 6 nitrogen and oxygen atoms in total. The molecular weight excluding hydrogens is 304 g/mol. The van der Waals surface area contributed by atoms with Gasteiger partial charge in [-0.25, -0.2) is 0 Å². The lowest BCUT2D eigenvalue weighted by Crippen LogP contribution is -2.45. The molecule has 138 valence electrons. The van der Waals surface area contributed by atoms with E-state index >= 15 is 0 Å². The summed E-state index contributed by atoms with van der Waals surface area (Å²) in [6.45, 7) is 7.81. The van der Waals surface area contributed by atoms with Gasteiger partial charge in [0.2, 0.25) is 0 Å². The molecule has 0 radical (unpaired) electrons. The number of rotatable bonds is 8. The molecule has 3 atom stereocenters. The van der Waals surface area contributed by atoms with Crippen molar-refractivity contribution in [1.29, 1.82) is 0 Å². The fourth-order valence-corrected chi connectivity index (χ4v) is 3.81. The SMILES string of the molecule is CN=C(NCCCOCC1CCOC1)NC1CC(C)N(C2CC2)C1. The van der Waals surface area contributed by atoms with Gasteiger partial charge >= 0.3 is 0 Å². The Morgan fingerprint density at radius 2 is 2.21 bits per heavy atom. The van der Waals surface area contributed by atoms with E-state index in [4.69, 9.17) is 9.47 Å². The summed E-state index contributed by atoms with van der Waals surface area (Å²) in [7, 11) is 1.85. The summed E-state index contributed by atoms with van der Waals surface area (Å²) in [4.78, 5) is 7.02. The number of aliphatic imine (C=N–C) groups is 1. The van der Waals surface area contributed by atoms with E-state index in [1.54, 1.807) is 0 Å². The summed E-state index contributed by atoms with van der Waals surface area (Å²) < 4.78 is 11.1. The first kappa shape index (κ1) is 18.0. The Morgan fingerprint density at radius 3 is 2.92 bits per heavy atom. The first-order valence-electron chi connectivity index (χ1n) is 9.64. The molecule has 0 aromatic carbocycles. The first-order valence-corrected chi connectivity index (χ1v) is 9.64.